The van der Waals surface area contributed by atoms with E-state index in [9.17, 15) is 5.11 Å². The van der Waals surface area contributed by atoms with Crippen LogP contribution in [0.3, 0.4) is 0 Å². The lowest BCUT2D eigenvalue weighted by molar-refractivity contribution is 0.0792. The molecule has 0 aliphatic rings. The SMILES string of the molecule is CC(C)(O)c1cccc2ccoc12. The van der Waals surface area contributed by atoms with Gasteiger partial charge in [-0.15, -0.1) is 0 Å². The van der Waals surface area contributed by atoms with Crippen molar-refractivity contribution in [2.75, 3.05) is 0 Å². The minimum absolute atomic E-state index is 0.773. The van der Waals surface area contributed by atoms with E-state index in [2.05, 4.69) is 0 Å². The third kappa shape index (κ3) is 1.33. The number of fused-ring (bicyclic) bond motifs is 1. The van der Waals surface area contributed by atoms with Gasteiger partial charge in [0.05, 0.1) is 11.9 Å². The van der Waals surface area contributed by atoms with Crippen LogP contribution >= 0.6 is 0 Å². The summed E-state index contributed by atoms with van der Waals surface area (Å²) < 4.78 is 5.32. The summed E-state index contributed by atoms with van der Waals surface area (Å²) in [6, 6.07) is 7.66. The summed E-state index contributed by atoms with van der Waals surface area (Å²) in [7, 11) is 0. The van der Waals surface area contributed by atoms with Crippen molar-refractivity contribution in [2.45, 2.75) is 19.4 Å². The molecule has 1 aromatic carbocycles. The van der Waals surface area contributed by atoms with Crippen LogP contribution in [0.1, 0.15) is 19.4 Å². The van der Waals surface area contributed by atoms with Gasteiger partial charge in [-0.25, -0.2) is 0 Å². The van der Waals surface area contributed by atoms with Crippen molar-refractivity contribution < 1.29 is 9.52 Å². The van der Waals surface area contributed by atoms with Crippen molar-refractivity contribution in [3.8, 4) is 0 Å². The summed E-state index contributed by atoms with van der Waals surface area (Å²) >= 11 is 0. The Morgan fingerprint density at radius 3 is 2.69 bits per heavy atom. The molecule has 1 N–H and O–H groups in total. The Labute approximate surface area is 76.8 Å². The van der Waals surface area contributed by atoms with Crippen LogP contribution in [-0.2, 0) is 5.60 Å². The Morgan fingerprint density at radius 1 is 1.23 bits per heavy atom. The highest BCUT2D eigenvalue weighted by molar-refractivity contribution is 5.80. The minimum Gasteiger partial charge on any atom is -0.464 e. The topological polar surface area (TPSA) is 33.4 Å². The average molecular weight is 176 g/mol. The van der Waals surface area contributed by atoms with Crippen LogP contribution < -0.4 is 0 Å². The van der Waals surface area contributed by atoms with E-state index in [1.165, 1.54) is 0 Å². The molecule has 0 spiro atoms. The molecule has 0 radical (unpaired) electrons. The molecule has 1 aromatic heterocycles. The zero-order valence-electron chi connectivity index (χ0n) is 7.74. The fraction of sp³-hybridized carbons (Fsp3) is 0.273. The minimum atomic E-state index is -0.850. The molecule has 13 heavy (non-hydrogen) atoms. The maximum absolute atomic E-state index is 9.85. The lowest BCUT2D eigenvalue weighted by Crippen LogP contribution is -2.15. The molecule has 0 atom stereocenters. The first-order valence-corrected chi connectivity index (χ1v) is 4.28. The highest BCUT2D eigenvalue weighted by Gasteiger charge is 2.20. The second kappa shape index (κ2) is 2.60. The number of rotatable bonds is 1. The van der Waals surface area contributed by atoms with E-state index in [0.29, 0.717) is 0 Å². The number of benzene rings is 1. The van der Waals surface area contributed by atoms with E-state index in [0.717, 1.165) is 16.5 Å². The van der Waals surface area contributed by atoms with Gasteiger partial charge in [0.15, 0.2) is 0 Å². The molecular weight excluding hydrogens is 164 g/mol. The summed E-state index contributed by atoms with van der Waals surface area (Å²) in [6.07, 6.45) is 1.64. The largest absolute Gasteiger partial charge is 0.464 e. The monoisotopic (exact) mass is 176 g/mol. The Hall–Kier alpha value is -1.28. The average Bonchev–Trinajstić information content (AvgIpc) is 2.48. The lowest BCUT2D eigenvalue weighted by Gasteiger charge is -2.17. The van der Waals surface area contributed by atoms with E-state index >= 15 is 0 Å². The second-order valence-electron chi connectivity index (χ2n) is 3.70. The van der Waals surface area contributed by atoms with Gasteiger partial charge in [-0.1, -0.05) is 18.2 Å². The van der Waals surface area contributed by atoms with Gasteiger partial charge in [0, 0.05) is 10.9 Å². The first-order valence-electron chi connectivity index (χ1n) is 4.28. The Bertz CT molecular complexity index is 421. The molecule has 0 saturated carbocycles. The normalized spacial score (nSPS) is 12.2. The van der Waals surface area contributed by atoms with Crippen LogP contribution in [-0.4, -0.2) is 5.11 Å². The van der Waals surface area contributed by atoms with Crippen LogP contribution in [0, 0.1) is 0 Å². The smallest absolute Gasteiger partial charge is 0.139 e. The summed E-state index contributed by atoms with van der Waals surface area (Å²) in [5.41, 5.74) is 0.752. The second-order valence-corrected chi connectivity index (χ2v) is 3.70. The Morgan fingerprint density at radius 2 is 2.00 bits per heavy atom. The van der Waals surface area contributed by atoms with Crippen molar-refractivity contribution in [1.82, 2.24) is 0 Å². The van der Waals surface area contributed by atoms with E-state index in [1.807, 2.05) is 24.3 Å². The molecule has 0 aliphatic carbocycles. The third-order valence-electron chi connectivity index (χ3n) is 2.14. The molecule has 0 amide bonds. The van der Waals surface area contributed by atoms with Gasteiger partial charge in [-0.3, -0.25) is 0 Å². The molecular formula is C11H12O2. The zero-order chi connectivity index (χ0) is 9.47. The zero-order valence-corrected chi connectivity index (χ0v) is 7.74. The third-order valence-corrected chi connectivity index (χ3v) is 2.14. The fourth-order valence-corrected chi connectivity index (χ4v) is 1.47. The predicted molar refractivity (Wildman–Crippen MR) is 51.5 cm³/mol. The van der Waals surface area contributed by atoms with Gasteiger partial charge in [-0.2, -0.15) is 0 Å². The van der Waals surface area contributed by atoms with Gasteiger partial charge >= 0.3 is 0 Å². The van der Waals surface area contributed by atoms with E-state index < -0.39 is 5.60 Å². The molecule has 0 bridgehead atoms. The molecule has 0 unspecified atom stereocenters. The van der Waals surface area contributed by atoms with Crippen LogP contribution in [0.25, 0.3) is 11.0 Å². The molecule has 68 valence electrons. The first-order chi connectivity index (χ1) is 6.09. The van der Waals surface area contributed by atoms with Crippen molar-refractivity contribution in [2.24, 2.45) is 0 Å². The van der Waals surface area contributed by atoms with E-state index in [1.54, 1.807) is 20.1 Å². The molecule has 2 nitrogen and oxygen atoms in total. The predicted octanol–water partition coefficient (Wildman–Crippen LogP) is 2.66. The van der Waals surface area contributed by atoms with Crippen LogP contribution in [0.5, 0.6) is 0 Å². The molecule has 2 heteroatoms. The maximum Gasteiger partial charge on any atom is 0.139 e. The quantitative estimate of drug-likeness (QED) is 0.724. The first kappa shape index (κ1) is 8.32. The lowest BCUT2D eigenvalue weighted by atomic mass is 9.97. The van der Waals surface area contributed by atoms with E-state index in [4.69, 9.17) is 4.42 Å². The van der Waals surface area contributed by atoms with Crippen LogP contribution in [0.4, 0.5) is 0 Å². The van der Waals surface area contributed by atoms with Crippen molar-refractivity contribution in [3.05, 3.63) is 36.1 Å². The molecule has 2 aromatic rings. The van der Waals surface area contributed by atoms with Gasteiger partial charge in [0.1, 0.15) is 5.58 Å². The fourth-order valence-electron chi connectivity index (χ4n) is 1.47. The number of hydrogen-bond donors (Lipinski definition) is 1. The molecule has 0 aliphatic heterocycles. The van der Waals surface area contributed by atoms with Crippen LogP contribution in [0.15, 0.2) is 34.9 Å². The molecule has 2 rings (SSSR count). The van der Waals surface area contributed by atoms with Crippen molar-refractivity contribution in [3.63, 3.8) is 0 Å². The van der Waals surface area contributed by atoms with Gasteiger partial charge < -0.3 is 9.52 Å². The van der Waals surface area contributed by atoms with Gasteiger partial charge in [-0.05, 0) is 19.9 Å². The van der Waals surface area contributed by atoms with Crippen LogP contribution in [0.2, 0.25) is 0 Å². The summed E-state index contributed by atoms with van der Waals surface area (Å²) in [6.45, 7) is 3.51. The number of furan rings is 1. The number of aliphatic hydroxyl groups is 1. The maximum atomic E-state index is 9.85. The molecule has 0 saturated heterocycles. The number of para-hydroxylation sites is 1. The van der Waals surface area contributed by atoms with E-state index in [-0.39, 0.29) is 0 Å². The summed E-state index contributed by atoms with van der Waals surface area (Å²) in [5, 5.41) is 10.9. The van der Waals surface area contributed by atoms with Crippen molar-refractivity contribution >= 4 is 11.0 Å². The highest BCUT2D eigenvalue weighted by atomic mass is 16.3. The Balaban J connectivity index is 2.75. The van der Waals surface area contributed by atoms with Gasteiger partial charge in [0.2, 0.25) is 0 Å². The molecule has 0 fully saturated rings. The standard InChI is InChI=1S/C11H12O2/c1-11(2,12)9-5-3-4-8-6-7-13-10(8)9/h3-7,12H,1-2H3. The van der Waals surface area contributed by atoms with Crippen molar-refractivity contribution in [1.29, 1.82) is 0 Å². The number of hydrogen-bond acceptors (Lipinski definition) is 2. The van der Waals surface area contributed by atoms with Gasteiger partial charge in [0.25, 0.3) is 0 Å². The Kier molecular flexibility index (Phi) is 1.67. The summed E-state index contributed by atoms with van der Waals surface area (Å²) in [4.78, 5) is 0. The highest BCUT2D eigenvalue weighted by Crippen LogP contribution is 2.28. The molecule has 1 heterocycles. The summed E-state index contributed by atoms with van der Waals surface area (Å²) in [5.74, 6) is 0.